The van der Waals surface area contributed by atoms with Crippen LogP contribution in [0.4, 0.5) is 0 Å². The van der Waals surface area contributed by atoms with Crippen molar-refractivity contribution in [2.75, 3.05) is 7.11 Å². The van der Waals surface area contributed by atoms with Gasteiger partial charge in [-0.15, -0.1) is 0 Å². The molecular formula is C18H24O3. The van der Waals surface area contributed by atoms with Crippen LogP contribution in [0, 0.1) is 5.92 Å². The number of hydrogen-bond acceptors (Lipinski definition) is 3. The molecule has 2 aliphatic rings. The Hall–Kier alpha value is -1.64. The van der Waals surface area contributed by atoms with Crippen molar-refractivity contribution >= 4 is 11.6 Å². The number of allylic oxidation sites excluding steroid dienone is 5. The van der Waals surface area contributed by atoms with Gasteiger partial charge in [-0.25, -0.2) is 0 Å². The van der Waals surface area contributed by atoms with Gasteiger partial charge in [0.15, 0.2) is 11.5 Å². The zero-order chi connectivity index (χ0) is 15.4. The van der Waals surface area contributed by atoms with Crippen LogP contribution >= 0.6 is 0 Å². The summed E-state index contributed by atoms with van der Waals surface area (Å²) in [5, 5.41) is 0. The lowest BCUT2D eigenvalue weighted by Gasteiger charge is -2.29. The largest absolute Gasteiger partial charge is 0.492 e. The van der Waals surface area contributed by atoms with Crippen molar-refractivity contribution in [1.29, 1.82) is 0 Å². The lowest BCUT2D eigenvalue weighted by Crippen LogP contribution is -2.30. The molecule has 0 saturated heterocycles. The zero-order valence-corrected chi connectivity index (χ0v) is 13.2. The highest BCUT2D eigenvalue weighted by atomic mass is 16.5. The first-order chi connectivity index (χ1) is 10.2. The van der Waals surface area contributed by atoms with E-state index in [1.165, 1.54) is 13.5 Å². The lowest BCUT2D eigenvalue weighted by molar-refractivity contribution is -0.119. The Bertz CT molecular complexity index is 529. The van der Waals surface area contributed by atoms with Crippen LogP contribution in [0.2, 0.25) is 0 Å². The number of carbonyl (C=O) groups excluding carboxylic acids is 2. The van der Waals surface area contributed by atoms with Gasteiger partial charge >= 0.3 is 0 Å². The topological polar surface area (TPSA) is 43.4 Å². The Morgan fingerprint density at radius 2 is 1.76 bits per heavy atom. The fraction of sp³-hybridized carbons (Fsp3) is 0.556. The van der Waals surface area contributed by atoms with Gasteiger partial charge < -0.3 is 4.74 Å². The van der Waals surface area contributed by atoms with Gasteiger partial charge in [0.1, 0.15) is 0 Å². The summed E-state index contributed by atoms with van der Waals surface area (Å²) in [6.07, 6.45) is 9.72. The molecule has 0 spiro atoms. The van der Waals surface area contributed by atoms with Crippen LogP contribution in [0.3, 0.4) is 0 Å². The minimum atomic E-state index is -0.132. The standard InChI is InChI=1S/C18H24O3/c1-4-9-14-13(5-2)16(19)15(18(21-3)17(14)20)12-10-7-6-8-11-12/h5,9,12H,4,6-8,10-11H2,1-3H3/b13-5+,14-9+. The summed E-state index contributed by atoms with van der Waals surface area (Å²) in [5.74, 6) is 0.300. The number of carbonyl (C=O) groups is 2. The monoisotopic (exact) mass is 288 g/mol. The summed E-state index contributed by atoms with van der Waals surface area (Å²) in [6, 6.07) is 0. The summed E-state index contributed by atoms with van der Waals surface area (Å²) in [5.41, 5.74) is 1.66. The van der Waals surface area contributed by atoms with Gasteiger partial charge in [-0.3, -0.25) is 9.59 Å². The smallest absolute Gasteiger partial charge is 0.228 e. The second-order valence-electron chi connectivity index (χ2n) is 5.67. The van der Waals surface area contributed by atoms with Gasteiger partial charge in [-0.05, 0) is 32.1 Å². The molecule has 21 heavy (non-hydrogen) atoms. The molecule has 0 N–H and O–H groups in total. The normalized spacial score (nSPS) is 25.1. The quantitative estimate of drug-likeness (QED) is 0.740. The van der Waals surface area contributed by atoms with Crippen LogP contribution < -0.4 is 0 Å². The van der Waals surface area contributed by atoms with E-state index in [0.717, 1.165) is 32.1 Å². The maximum atomic E-state index is 12.9. The van der Waals surface area contributed by atoms with E-state index in [1.807, 2.05) is 19.9 Å². The molecule has 0 radical (unpaired) electrons. The van der Waals surface area contributed by atoms with Gasteiger partial charge in [0.2, 0.25) is 5.78 Å². The minimum Gasteiger partial charge on any atom is -0.492 e. The molecule has 0 aliphatic heterocycles. The molecule has 0 aromatic rings. The molecule has 0 aromatic heterocycles. The highest BCUT2D eigenvalue weighted by molar-refractivity contribution is 6.29. The maximum absolute atomic E-state index is 12.9. The van der Waals surface area contributed by atoms with Gasteiger partial charge in [-0.2, -0.15) is 0 Å². The van der Waals surface area contributed by atoms with Crippen molar-refractivity contribution < 1.29 is 14.3 Å². The van der Waals surface area contributed by atoms with Crippen LogP contribution in [0.25, 0.3) is 0 Å². The van der Waals surface area contributed by atoms with E-state index in [-0.39, 0.29) is 23.2 Å². The molecule has 2 rings (SSSR count). The Morgan fingerprint density at radius 3 is 2.29 bits per heavy atom. The predicted octanol–water partition coefficient (Wildman–Crippen LogP) is 3.90. The molecule has 0 unspecified atom stereocenters. The van der Waals surface area contributed by atoms with Gasteiger partial charge in [0.05, 0.1) is 7.11 Å². The molecule has 1 saturated carbocycles. The molecule has 3 heteroatoms. The lowest BCUT2D eigenvalue weighted by atomic mass is 9.75. The van der Waals surface area contributed by atoms with Crippen molar-refractivity contribution in [3.8, 4) is 0 Å². The highest BCUT2D eigenvalue weighted by Crippen LogP contribution is 2.38. The first kappa shape index (κ1) is 15.7. The van der Waals surface area contributed by atoms with Gasteiger partial charge in [0, 0.05) is 16.7 Å². The first-order valence-corrected chi connectivity index (χ1v) is 7.90. The molecule has 114 valence electrons. The third-order valence-corrected chi connectivity index (χ3v) is 4.39. The van der Waals surface area contributed by atoms with E-state index >= 15 is 0 Å². The molecular weight excluding hydrogens is 264 g/mol. The average molecular weight is 288 g/mol. The van der Waals surface area contributed by atoms with Crippen LogP contribution in [0.5, 0.6) is 0 Å². The summed E-state index contributed by atoms with van der Waals surface area (Å²) >= 11 is 0. The Morgan fingerprint density at radius 1 is 1.10 bits per heavy atom. The van der Waals surface area contributed by atoms with Crippen molar-refractivity contribution in [3.05, 3.63) is 34.6 Å². The molecule has 0 aromatic carbocycles. The van der Waals surface area contributed by atoms with E-state index < -0.39 is 0 Å². The molecule has 0 amide bonds. The fourth-order valence-electron chi connectivity index (χ4n) is 3.40. The second-order valence-corrected chi connectivity index (χ2v) is 5.67. The molecule has 0 heterocycles. The summed E-state index contributed by atoms with van der Waals surface area (Å²) in [6.45, 7) is 3.78. The van der Waals surface area contributed by atoms with Crippen molar-refractivity contribution in [3.63, 3.8) is 0 Å². The van der Waals surface area contributed by atoms with Gasteiger partial charge in [-0.1, -0.05) is 38.3 Å². The van der Waals surface area contributed by atoms with Crippen LogP contribution in [-0.2, 0) is 14.3 Å². The Balaban J connectivity index is 2.54. The molecule has 2 aliphatic carbocycles. The van der Waals surface area contributed by atoms with Crippen molar-refractivity contribution in [2.45, 2.75) is 52.4 Å². The maximum Gasteiger partial charge on any atom is 0.228 e. The van der Waals surface area contributed by atoms with Crippen LogP contribution in [0.1, 0.15) is 52.4 Å². The zero-order valence-electron chi connectivity index (χ0n) is 13.2. The number of Topliss-reactive ketones (excluding diaryl/α,β-unsaturated/α-hetero) is 2. The highest BCUT2D eigenvalue weighted by Gasteiger charge is 2.38. The molecule has 3 nitrogen and oxygen atoms in total. The van der Waals surface area contributed by atoms with E-state index in [1.54, 1.807) is 6.08 Å². The van der Waals surface area contributed by atoms with Crippen molar-refractivity contribution in [2.24, 2.45) is 5.92 Å². The number of methoxy groups -OCH3 is 1. The van der Waals surface area contributed by atoms with Crippen LogP contribution in [-0.4, -0.2) is 18.7 Å². The fourth-order valence-corrected chi connectivity index (χ4v) is 3.40. The van der Waals surface area contributed by atoms with Gasteiger partial charge in [0.25, 0.3) is 0 Å². The summed E-state index contributed by atoms with van der Waals surface area (Å²) in [4.78, 5) is 25.5. The minimum absolute atomic E-state index is 0.0134. The third kappa shape index (κ3) is 2.87. The molecule has 0 bridgehead atoms. The third-order valence-electron chi connectivity index (χ3n) is 4.39. The molecule has 0 atom stereocenters. The van der Waals surface area contributed by atoms with E-state index in [4.69, 9.17) is 4.74 Å². The summed E-state index contributed by atoms with van der Waals surface area (Å²) < 4.78 is 5.35. The SMILES string of the molecule is C/C=C1/C(=O)C(C2CCCCC2)=C(OC)C(=O)/C1=C/CC. The van der Waals surface area contributed by atoms with E-state index in [9.17, 15) is 9.59 Å². The number of ketones is 2. The Kier molecular flexibility index (Phi) is 5.16. The Labute approximate surface area is 126 Å². The summed E-state index contributed by atoms with van der Waals surface area (Å²) in [7, 11) is 1.49. The number of rotatable bonds is 3. The van der Waals surface area contributed by atoms with Crippen molar-refractivity contribution in [1.82, 2.24) is 0 Å². The predicted molar refractivity (Wildman–Crippen MR) is 82.8 cm³/mol. The first-order valence-electron chi connectivity index (χ1n) is 7.90. The van der Waals surface area contributed by atoms with Crippen LogP contribution in [0.15, 0.2) is 34.6 Å². The van der Waals surface area contributed by atoms with E-state index in [0.29, 0.717) is 16.7 Å². The van der Waals surface area contributed by atoms with E-state index in [2.05, 4.69) is 0 Å². The average Bonchev–Trinajstić information content (AvgIpc) is 2.51. The molecule has 1 fully saturated rings. The number of ether oxygens (including phenoxy) is 1. The second kappa shape index (κ2) is 6.88. The number of hydrogen-bond donors (Lipinski definition) is 0.